The van der Waals surface area contributed by atoms with Gasteiger partial charge in [-0.25, -0.2) is 0 Å². The van der Waals surface area contributed by atoms with Crippen LogP contribution in [0.2, 0.25) is 0 Å². The molecule has 0 atom stereocenters. The highest BCUT2D eigenvalue weighted by molar-refractivity contribution is 5.80. The molecule has 1 N–H and O–H groups in total. The number of likely N-dealkylation sites (tertiary alicyclic amines) is 1. The molecule has 0 amide bonds. The fraction of sp³-hybridized carbons (Fsp3) is 0.696. The minimum Gasteiger partial charge on any atom is -0.385 e. The molecule has 2 rings (SSSR count). The predicted molar refractivity (Wildman–Crippen MR) is 120 cm³/mol. The molecule has 1 fully saturated rings. The number of guanidine groups is 1. The smallest absolute Gasteiger partial charge is 0.193 e. The van der Waals surface area contributed by atoms with Gasteiger partial charge < -0.3 is 19.7 Å². The maximum Gasteiger partial charge on any atom is 0.193 e. The molecule has 0 unspecified atom stereocenters. The van der Waals surface area contributed by atoms with Gasteiger partial charge in [-0.15, -0.1) is 0 Å². The van der Waals surface area contributed by atoms with Gasteiger partial charge in [-0.05, 0) is 43.5 Å². The number of piperidine rings is 1. The molecule has 0 spiro atoms. The summed E-state index contributed by atoms with van der Waals surface area (Å²) in [7, 11) is 3.61. The molecule has 0 radical (unpaired) electrons. The van der Waals surface area contributed by atoms with E-state index < -0.39 is 0 Å². The van der Waals surface area contributed by atoms with Gasteiger partial charge in [-0.1, -0.05) is 38.1 Å². The zero-order valence-electron chi connectivity index (χ0n) is 18.8. The maximum atomic E-state index is 5.98. The first kappa shape index (κ1) is 23.6. The molecule has 0 aromatic heterocycles. The van der Waals surface area contributed by atoms with Gasteiger partial charge >= 0.3 is 0 Å². The molecule has 6 nitrogen and oxygen atoms in total. The van der Waals surface area contributed by atoms with Crippen LogP contribution in [-0.4, -0.2) is 75.4 Å². The van der Waals surface area contributed by atoms with Crippen molar-refractivity contribution in [1.29, 1.82) is 0 Å². The highest BCUT2D eigenvalue weighted by Gasteiger charge is 2.22. The Labute approximate surface area is 177 Å². The molecular weight excluding hydrogens is 364 g/mol. The number of rotatable bonds is 11. The molecule has 1 saturated heterocycles. The van der Waals surface area contributed by atoms with Crippen molar-refractivity contribution >= 4 is 5.96 Å². The number of nitrogens with one attached hydrogen (secondary N) is 1. The van der Waals surface area contributed by atoms with Gasteiger partial charge in [0.1, 0.15) is 0 Å². The van der Waals surface area contributed by atoms with Crippen LogP contribution >= 0.6 is 0 Å². The van der Waals surface area contributed by atoms with Crippen molar-refractivity contribution in [2.24, 2.45) is 4.99 Å². The van der Waals surface area contributed by atoms with Crippen LogP contribution in [-0.2, 0) is 22.6 Å². The van der Waals surface area contributed by atoms with Gasteiger partial charge in [-0.3, -0.25) is 9.89 Å². The van der Waals surface area contributed by atoms with Gasteiger partial charge in [-0.2, -0.15) is 0 Å². The molecule has 1 aromatic carbocycles. The lowest BCUT2D eigenvalue weighted by Crippen LogP contribution is -2.46. The summed E-state index contributed by atoms with van der Waals surface area (Å²) in [6, 6.07) is 8.72. The molecule has 0 aliphatic carbocycles. The number of nitrogens with zero attached hydrogens (tertiary/aromatic N) is 3. The Hall–Kier alpha value is -1.63. The van der Waals surface area contributed by atoms with Crippen molar-refractivity contribution in [1.82, 2.24) is 15.1 Å². The minimum absolute atomic E-state index is 0.357. The van der Waals surface area contributed by atoms with E-state index in [1.807, 2.05) is 7.05 Å². The number of aliphatic imine (C=N–C) groups is 1. The van der Waals surface area contributed by atoms with E-state index in [4.69, 9.17) is 9.47 Å². The maximum absolute atomic E-state index is 5.98. The molecule has 0 saturated carbocycles. The number of benzene rings is 1. The first-order valence-electron chi connectivity index (χ1n) is 11.1. The third-order valence-corrected chi connectivity index (χ3v) is 5.64. The average Bonchev–Trinajstić information content (AvgIpc) is 2.77. The summed E-state index contributed by atoms with van der Waals surface area (Å²) >= 11 is 0. The van der Waals surface area contributed by atoms with Crippen LogP contribution in [0.15, 0.2) is 29.3 Å². The van der Waals surface area contributed by atoms with Crippen LogP contribution in [0.3, 0.4) is 0 Å². The molecule has 1 heterocycles. The van der Waals surface area contributed by atoms with E-state index >= 15 is 0 Å². The van der Waals surface area contributed by atoms with Crippen molar-refractivity contribution in [3.8, 4) is 0 Å². The Balaban J connectivity index is 1.83. The van der Waals surface area contributed by atoms with Gasteiger partial charge in [0.2, 0.25) is 0 Å². The van der Waals surface area contributed by atoms with E-state index in [1.54, 1.807) is 7.11 Å². The molecule has 164 valence electrons. The zero-order valence-corrected chi connectivity index (χ0v) is 18.8. The Morgan fingerprint density at radius 1 is 1.14 bits per heavy atom. The molecule has 29 heavy (non-hydrogen) atoms. The van der Waals surface area contributed by atoms with Crippen LogP contribution in [0, 0.1) is 0 Å². The van der Waals surface area contributed by atoms with E-state index in [9.17, 15) is 0 Å². The van der Waals surface area contributed by atoms with E-state index in [1.165, 1.54) is 11.1 Å². The monoisotopic (exact) mass is 404 g/mol. The Morgan fingerprint density at radius 2 is 1.83 bits per heavy atom. The molecule has 6 heteroatoms. The number of hydrogen-bond donors (Lipinski definition) is 1. The summed E-state index contributed by atoms with van der Waals surface area (Å²) in [6.45, 7) is 11.9. The molecule has 0 bridgehead atoms. The summed E-state index contributed by atoms with van der Waals surface area (Å²) in [6.07, 6.45) is 3.42. The van der Waals surface area contributed by atoms with Gasteiger partial charge in [0.15, 0.2) is 5.96 Å². The van der Waals surface area contributed by atoms with Crippen LogP contribution in [0.25, 0.3) is 0 Å². The summed E-state index contributed by atoms with van der Waals surface area (Å²) in [5, 5.41) is 3.58. The van der Waals surface area contributed by atoms with Crippen molar-refractivity contribution in [2.45, 2.75) is 52.3 Å². The highest BCUT2D eigenvalue weighted by Crippen LogP contribution is 2.15. The lowest BCUT2D eigenvalue weighted by atomic mass is 10.1. The van der Waals surface area contributed by atoms with Crippen LogP contribution in [0.4, 0.5) is 0 Å². The van der Waals surface area contributed by atoms with Gasteiger partial charge in [0.05, 0.1) is 6.10 Å². The van der Waals surface area contributed by atoms with Crippen LogP contribution < -0.4 is 5.32 Å². The van der Waals surface area contributed by atoms with E-state index in [0.29, 0.717) is 6.10 Å². The molecule has 1 aromatic rings. The quantitative estimate of drug-likeness (QED) is 0.349. The largest absolute Gasteiger partial charge is 0.385 e. The Kier molecular flexibility index (Phi) is 11.1. The standard InChI is InChI=1S/C23H40N4O2/c1-5-26(6-2)19-21-11-8-7-10-20(21)18-25-23(24-3)27-14-12-22(13-15-27)29-17-9-16-28-4/h7-8,10-11,22H,5-6,9,12-19H2,1-4H3,(H,24,25). The topological polar surface area (TPSA) is 49.3 Å². The lowest BCUT2D eigenvalue weighted by Gasteiger charge is -2.34. The van der Waals surface area contributed by atoms with Crippen molar-refractivity contribution in [2.75, 3.05) is 53.6 Å². The van der Waals surface area contributed by atoms with Crippen molar-refractivity contribution < 1.29 is 9.47 Å². The molecule has 1 aliphatic heterocycles. The first-order chi connectivity index (χ1) is 14.2. The third kappa shape index (κ3) is 7.96. The summed E-state index contributed by atoms with van der Waals surface area (Å²) < 4.78 is 11.1. The third-order valence-electron chi connectivity index (χ3n) is 5.64. The zero-order chi connectivity index (χ0) is 20.9. The van der Waals surface area contributed by atoms with E-state index in [0.717, 1.165) is 77.7 Å². The molecular formula is C23H40N4O2. The van der Waals surface area contributed by atoms with Crippen LogP contribution in [0.5, 0.6) is 0 Å². The second-order valence-electron chi connectivity index (χ2n) is 7.53. The van der Waals surface area contributed by atoms with Gasteiger partial charge in [0.25, 0.3) is 0 Å². The second-order valence-corrected chi connectivity index (χ2v) is 7.53. The Morgan fingerprint density at radius 3 is 2.45 bits per heavy atom. The van der Waals surface area contributed by atoms with E-state index in [-0.39, 0.29) is 0 Å². The second kappa shape index (κ2) is 13.6. The average molecular weight is 405 g/mol. The Bertz CT molecular complexity index is 596. The fourth-order valence-electron chi connectivity index (χ4n) is 3.77. The normalized spacial score (nSPS) is 15.9. The summed E-state index contributed by atoms with van der Waals surface area (Å²) in [5.41, 5.74) is 2.74. The number of hydrogen-bond acceptors (Lipinski definition) is 4. The SMILES string of the molecule is CCN(CC)Cc1ccccc1CNC(=NC)N1CCC(OCCCOC)CC1. The van der Waals surface area contributed by atoms with Crippen molar-refractivity contribution in [3.05, 3.63) is 35.4 Å². The highest BCUT2D eigenvalue weighted by atomic mass is 16.5. The fourth-order valence-corrected chi connectivity index (χ4v) is 3.77. The summed E-state index contributed by atoms with van der Waals surface area (Å²) in [5.74, 6) is 0.987. The lowest BCUT2D eigenvalue weighted by molar-refractivity contribution is 0.00989. The first-order valence-corrected chi connectivity index (χ1v) is 11.1. The van der Waals surface area contributed by atoms with Crippen molar-refractivity contribution in [3.63, 3.8) is 0 Å². The van der Waals surface area contributed by atoms with Gasteiger partial charge in [0, 0.05) is 53.6 Å². The van der Waals surface area contributed by atoms with Crippen LogP contribution in [0.1, 0.15) is 44.2 Å². The summed E-state index contributed by atoms with van der Waals surface area (Å²) in [4.78, 5) is 9.32. The van der Waals surface area contributed by atoms with E-state index in [2.05, 4.69) is 58.2 Å². The molecule has 1 aliphatic rings. The predicted octanol–water partition coefficient (Wildman–Crippen LogP) is 3.12. The number of methoxy groups -OCH3 is 1. The number of ether oxygens (including phenoxy) is 2. The minimum atomic E-state index is 0.357.